The molecule has 0 unspecified atom stereocenters. The highest BCUT2D eigenvalue weighted by Gasteiger charge is 2.25. The van der Waals surface area contributed by atoms with Gasteiger partial charge in [0.15, 0.2) is 0 Å². The predicted molar refractivity (Wildman–Crippen MR) is 72.8 cm³/mol. The number of ether oxygens (including phenoxy) is 1. The summed E-state index contributed by atoms with van der Waals surface area (Å²) in [6, 6.07) is 9.90. The molecule has 1 fully saturated rings. The van der Waals surface area contributed by atoms with E-state index in [0.717, 1.165) is 13.2 Å². The SMILES string of the molecule is CC(C)c1ccc(N2[C@H](C)COC[C@@H]2C)cc1. The summed E-state index contributed by atoms with van der Waals surface area (Å²) in [5.74, 6) is 0.601. The van der Waals surface area contributed by atoms with Gasteiger partial charge in [0, 0.05) is 17.8 Å². The van der Waals surface area contributed by atoms with Crippen LogP contribution in [0.2, 0.25) is 0 Å². The molecule has 0 N–H and O–H groups in total. The molecule has 1 aromatic rings. The average molecular weight is 233 g/mol. The average Bonchev–Trinajstić information content (AvgIpc) is 2.29. The van der Waals surface area contributed by atoms with Crippen LogP contribution in [-0.4, -0.2) is 25.3 Å². The zero-order valence-electron chi connectivity index (χ0n) is 11.3. The summed E-state index contributed by atoms with van der Waals surface area (Å²) in [6.45, 7) is 10.6. The van der Waals surface area contributed by atoms with Crippen LogP contribution in [0.5, 0.6) is 0 Å². The first-order chi connectivity index (χ1) is 8.09. The molecule has 1 heterocycles. The smallest absolute Gasteiger partial charge is 0.0668 e. The van der Waals surface area contributed by atoms with Gasteiger partial charge in [0.1, 0.15) is 0 Å². The number of hydrogen-bond acceptors (Lipinski definition) is 2. The Kier molecular flexibility index (Phi) is 3.72. The van der Waals surface area contributed by atoms with E-state index in [1.807, 2.05) is 0 Å². The van der Waals surface area contributed by atoms with Gasteiger partial charge >= 0.3 is 0 Å². The first kappa shape index (κ1) is 12.4. The number of nitrogens with zero attached hydrogens (tertiary/aromatic N) is 1. The molecular weight excluding hydrogens is 210 g/mol. The molecule has 2 rings (SSSR count). The van der Waals surface area contributed by atoms with E-state index in [4.69, 9.17) is 4.74 Å². The Morgan fingerprint density at radius 3 is 2.06 bits per heavy atom. The molecule has 0 aromatic heterocycles. The van der Waals surface area contributed by atoms with Crippen molar-refractivity contribution in [3.63, 3.8) is 0 Å². The summed E-state index contributed by atoms with van der Waals surface area (Å²) in [5.41, 5.74) is 2.72. The van der Waals surface area contributed by atoms with Gasteiger partial charge in [-0.1, -0.05) is 26.0 Å². The third-order valence-corrected chi connectivity index (χ3v) is 3.53. The monoisotopic (exact) mass is 233 g/mol. The third-order valence-electron chi connectivity index (χ3n) is 3.53. The van der Waals surface area contributed by atoms with Crippen molar-refractivity contribution in [2.75, 3.05) is 18.1 Å². The molecule has 1 saturated heterocycles. The Morgan fingerprint density at radius 2 is 1.59 bits per heavy atom. The molecule has 17 heavy (non-hydrogen) atoms. The normalized spacial score (nSPS) is 25.4. The van der Waals surface area contributed by atoms with E-state index < -0.39 is 0 Å². The molecule has 0 amide bonds. The third kappa shape index (κ3) is 2.63. The molecular formula is C15H23NO. The summed E-state index contributed by atoms with van der Waals surface area (Å²) < 4.78 is 5.57. The van der Waals surface area contributed by atoms with Crippen LogP contribution in [-0.2, 0) is 4.74 Å². The number of benzene rings is 1. The standard InChI is InChI=1S/C15H23NO/c1-11(2)14-5-7-15(8-6-14)16-12(3)9-17-10-13(16)4/h5-8,11-13H,9-10H2,1-4H3/t12-,13+. The second kappa shape index (κ2) is 5.09. The maximum Gasteiger partial charge on any atom is 0.0668 e. The van der Waals surface area contributed by atoms with Gasteiger partial charge in [0.2, 0.25) is 0 Å². The molecule has 1 aliphatic rings. The largest absolute Gasteiger partial charge is 0.377 e. The summed E-state index contributed by atoms with van der Waals surface area (Å²) in [5, 5.41) is 0. The van der Waals surface area contributed by atoms with Crippen LogP contribution < -0.4 is 4.90 Å². The summed E-state index contributed by atoms with van der Waals surface area (Å²) >= 11 is 0. The van der Waals surface area contributed by atoms with Crippen LogP contribution in [0.3, 0.4) is 0 Å². The lowest BCUT2D eigenvalue weighted by molar-refractivity contribution is 0.0757. The zero-order valence-corrected chi connectivity index (χ0v) is 11.3. The van der Waals surface area contributed by atoms with Crippen molar-refractivity contribution in [2.24, 2.45) is 0 Å². The number of rotatable bonds is 2. The van der Waals surface area contributed by atoms with E-state index in [2.05, 4.69) is 56.9 Å². The van der Waals surface area contributed by atoms with Crippen LogP contribution in [0.25, 0.3) is 0 Å². The second-order valence-electron chi connectivity index (χ2n) is 5.39. The van der Waals surface area contributed by atoms with Crippen LogP contribution in [0.4, 0.5) is 5.69 Å². The van der Waals surface area contributed by atoms with E-state index in [1.54, 1.807) is 0 Å². The van der Waals surface area contributed by atoms with Crippen molar-refractivity contribution in [3.05, 3.63) is 29.8 Å². The van der Waals surface area contributed by atoms with Crippen LogP contribution in [0.1, 0.15) is 39.2 Å². The van der Waals surface area contributed by atoms with Crippen LogP contribution in [0, 0.1) is 0 Å². The quantitative estimate of drug-likeness (QED) is 0.776. The first-order valence-corrected chi connectivity index (χ1v) is 6.55. The Balaban J connectivity index is 2.20. The zero-order chi connectivity index (χ0) is 12.4. The molecule has 94 valence electrons. The molecule has 0 bridgehead atoms. The molecule has 1 aliphatic heterocycles. The lowest BCUT2D eigenvalue weighted by Crippen LogP contribution is -2.49. The van der Waals surface area contributed by atoms with E-state index in [-0.39, 0.29) is 0 Å². The topological polar surface area (TPSA) is 12.5 Å². The Bertz CT molecular complexity index is 348. The van der Waals surface area contributed by atoms with Gasteiger partial charge in [-0.2, -0.15) is 0 Å². The fraction of sp³-hybridized carbons (Fsp3) is 0.600. The minimum Gasteiger partial charge on any atom is -0.377 e. The van der Waals surface area contributed by atoms with Gasteiger partial charge in [0.25, 0.3) is 0 Å². The van der Waals surface area contributed by atoms with E-state index in [0.29, 0.717) is 18.0 Å². The van der Waals surface area contributed by atoms with Crippen molar-refractivity contribution in [1.29, 1.82) is 0 Å². The predicted octanol–water partition coefficient (Wildman–Crippen LogP) is 3.42. The lowest BCUT2D eigenvalue weighted by atomic mass is 10.0. The molecule has 0 spiro atoms. The Morgan fingerprint density at radius 1 is 1.06 bits per heavy atom. The van der Waals surface area contributed by atoms with Crippen molar-refractivity contribution >= 4 is 5.69 Å². The van der Waals surface area contributed by atoms with Crippen LogP contribution >= 0.6 is 0 Å². The van der Waals surface area contributed by atoms with E-state index in [9.17, 15) is 0 Å². The van der Waals surface area contributed by atoms with Crippen LogP contribution in [0.15, 0.2) is 24.3 Å². The molecule has 2 atom stereocenters. The summed E-state index contributed by atoms with van der Waals surface area (Å²) in [7, 11) is 0. The van der Waals surface area contributed by atoms with Crippen molar-refractivity contribution in [1.82, 2.24) is 0 Å². The minimum absolute atomic E-state index is 0.462. The molecule has 2 nitrogen and oxygen atoms in total. The van der Waals surface area contributed by atoms with Crippen molar-refractivity contribution < 1.29 is 4.74 Å². The van der Waals surface area contributed by atoms with E-state index >= 15 is 0 Å². The lowest BCUT2D eigenvalue weighted by Gasteiger charge is -2.40. The maximum atomic E-state index is 5.57. The fourth-order valence-electron chi connectivity index (χ4n) is 2.54. The number of morpholine rings is 1. The second-order valence-corrected chi connectivity index (χ2v) is 5.39. The van der Waals surface area contributed by atoms with Gasteiger partial charge in [-0.05, 0) is 37.5 Å². The first-order valence-electron chi connectivity index (χ1n) is 6.55. The maximum absolute atomic E-state index is 5.57. The minimum atomic E-state index is 0.462. The highest BCUT2D eigenvalue weighted by atomic mass is 16.5. The van der Waals surface area contributed by atoms with Gasteiger partial charge in [-0.25, -0.2) is 0 Å². The molecule has 0 radical (unpaired) electrons. The molecule has 2 heteroatoms. The molecule has 1 aromatic carbocycles. The fourth-order valence-corrected chi connectivity index (χ4v) is 2.54. The number of anilines is 1. The Hall–Kier alpha value is -1.02. The van der Waals surface area contributed by atoms with Gasteiger partial charge in [-0.15, -0.1) is 0 Å². The summed E-state index contributed by atoms with van der Waals surface area (Å²) in [4.78, 5) is 2.47. The highest BCUT2D eigenvalue weighted by Crippen LogP contribution is 2.25. The van der Waals surface area contributed by atoms with E-state index in [1.165, 1.54) is 11.3 Å². The highest BCUT2D eigenvalue weighted by molar-refractivity contribution is 5.50. The Labute approximate surface area is 105 Å². The number of hydrogen-bond donors (Lipinski definition) is 0. The molecule has 0 aliphatic carbocycles. The van der Waals surface area contributed by atoms with Crippen molar-refractivity contribution in [3.8, 4) is 0 Å². The molecule has 0 saturated carbocycles. The van der Waals surface area contributed by atoms with Gasteiger partial charge in [-0.3, -0.25) is 0 Å². The summed E-state index contributed by atoms with van der Waals surface area (Å²) in [6.07, 6.45) is 0. The van der Waals surface area contributed by atoms with Gasteiger partial charge in [0.05, 0.1) is 13.2 Å². The van der Waals surface area contributed by atoms with Gasteiger partial charge < -0.3 is 9.64 Å². The van der Waals surface area contributed by atoms with Crippen molar-refractivity contribution in [2.45, 2.75) is 45.7 Å².